The lowest BCUT2D eigenvalue weighted by molar-refractivity contribution is 0.0791. The summed E-state index contributed by atoms with van der Waals surface area (Å²) in [5.41, 5.74) is 1.76. The molecule has 1 saturated heterocycles. The van der Waals surface area contributed by atoms with Crippen LogP contribution in [0.15, 0.2) is 27.5 Å². The number of carbonyl (C=O) groups is 1. The molecular weight excluding hydrogens is 379 g/mol. The van der Waals surface area contributed by atoms with Crippen molar-refractivity contribution in [2.75, 3.05) is 19.7 Å². The fourth-order valence-electron chi connectivity index (χ4n) is 2.12. The lowest BCUT2D eigenvalue weighted by atomic mass is 9.98. The predicted molar refractivity (Wildman–Crippen MR) is 93.4 cm³/mol. The Morgan fingerprint density at radius 1 is 1.38 bits per heavy atom. The standard InChI is InChI=1S/C16H21IN2O2/c1-16(2,3)11-21-14-7-5-4-6-13(14)15(20)19-9-8-12(10-19)18-17/h4-7H,8-11H2,1-3H3/b18-12-. The third kappa shape index (κ3) is 4.43. The molecule has 0 radical (unpaired) electrons. The van der Waals surface area contributed by atoms with Gasteiger partial charge in [-0.2, -0.15) is 0 Å². The number of rotatable bonds is 3. The van der Waals surface area contributed by atoms with Crippen LogP contribution in [0.1, 0.15) is 37.6 Å². The van der Waals surface area contributed by atoms with Crippen LogP contribution < -0.4 is 4.74 Å². The van der Waals surface area contributed by atoms with E-state index in [2.05, 4.69) is 24.0 Å². The second-order valence-electron chi connectivity index (χ2n) is 6.47. The maximum absolute atomic E-state index is 12.6. The molecule has 1 aliphatic heterocycles. The third-order valence-electron chi connectivity index (χ3n) is 3.23. The first-order chi connectivity index (χ1) is 9.90. The van der Waals surface area contributed by atoms with Gasteiger partial charge in [0.2, 0.25) is 0 Å². The summed E-state index contributed by atoms with van der Waals surface area (Å²) in [6, 6.07) is 7.47. The van der Waals surface area contributed by atoms with E-state index in [0.717, 1.165) is 18.7 Å². The van der Waals surface area contributed by atoms with Crippen molar-refractivity contribution in [3.63, 3.8) is 0 Å². The Morgan fingerprint density at radius 3 is 2.71 bits per heavy atom. The number of amides is 1. The van der Waals surface area contributed by atoms with Crippen molar-refractivity contribution in [2.45, 2.75) is 27.2 Å². The molecule has 1 heterocycles. The Labute approximate surface area is 140 Å². The van der Waals surface area contributed by atoms with Crippen molar-refractivity contribution in [2.24, 2.45) is 8.62 Å². The van der Waals surface area contributed by atoms with Crippen LogP contribution in [0.3, 0.4) is 0 Å². The number of benzene rings is 1. The van der Waals surface area contributed by atoms with Gasteiger partial charge in [-0.05, 0) is 17.5 Å². The molecule has 0 unspecified atom stereocenters. The molecule has 114 valence electrons. The highest BCUT2D eigenvalue weighted by molar-refractivity contribution is 14.1. The normalized spacial score (nSPS) is 17.3. The first kappa shape index (κ1) is 16.3. The Balaban J connectivity index is 2.14. The molecule has 1 aromatic rings. The first-order valence-electron chi connectivity index (χ1n) is 7.08. The van der Waals surface area contributed by atoms with Crippen LogP contribution in [0, 0.1) is 5.41 Å². The minimum Gasteiger partial charge on any atom is -0.492 e. The zero-order valence-corrected chi connectivity index (χ0v) is 14.9. The summed E-state index contributed by atoms with van der Waals surface area (Å²) in [5.74, 6) is 0.687. The van der Waals surface area contributed by atoms with Gasteiger partial charge in [0.25, 0.3) is 5.91 Å². The minimum absolute atomic E-state index is 0.0227. The Bertz CT molecular complexity index is 549. The number of ether oxygens (including phenoxy) is 1. The molecule has 0 aromatic heterocycles. The smallest absolute Gasteiger partial charge is 0.257 e. The molecule has 0 saturated carbocycles. The maximum Gasteiger partial charge on any atom is 0.257 e. The SMILES string of the molecule is CC(C)(C)COc1ccccc1C(=O)N1CC/C(=N/I)C1. The summed E-state index contributed by atoms with van der Waals surface area (Å²) in [7, 11) is 0. The van der Waals surface area contributed by atoms with Gasteiger partial charge >= 0.3 is 0 Å². The number of carbonyl (C=O) groups excluding carboxylic acids is 1. The summed E-state index contributed by atoms with van der Waals surface area (Å²) >= 11 is 1.99. The largest absolute Gasteiger partial charge is 0.492 e. The van der Waals surface area contributed by atoms with Crippen molar-refractivity contribution in [3.8, 4) is 5.75 Å². The molecule has 0 aliphatic carbocycles. The predicted octanol–water partition coefficient (Wildman–Crippen LogP) is 3.75. The van der Waals surface area contributed by atoms with Gasteiger partial charge in [-0.15, -0.1) is 0 Å². The number of hydrogen-bond donors (Lipinski definition) is 0. The molecule has 1 fully saturated rings. The van der Waals surface area contributed by atoms with E-state index in [9.17, 15) is 4.79 Å². The lowest BCUT2D eigenvalue weighted by Crippen LogP contribution is -2.29. The second kappa shape index (κ2) is 6.77. The van der Waals surface area contributed by atoms with Gasteiger partial charge in [-0.3, -0.25) is 4.79 Å². The number of para-hydroxylation sites is 1. The molecule has 0 atom stereocenters. The molecule has 0 bridgehead atoms. The monoisotopic (exact) mass is 400 g/mol. The van der Waals surface area contributed by atoms with Gasteiger partial charge in [0.15, 0.2) is 0 Å². The fourth-order valence-corrected chi connectivity index (χ4v) is 2.51. The molecule has 4 nitrogen and oxygen atoms in total. The molecule has 2 rings (SSSR count). The average molecular weight is 400 g/mol. The van der Waals surface area contributed by atoms with Gasteiger partial charge in [-0.1, -0.05) is 32.9 Å². The number of hydrogen-bond acceptors (Lipinski definition) is 3. The highest BCUT2D eigenvalue weighted by Crippen LogP contribution is 2.24. The first-order valence-corrected chi connectivity index (χ1v) is 8.05. The summed E-state index contributed by atoms with van der Waals surface area (Å²) in [4.78, 5) is 14.5. The topological polar surface area (TPSA) is 41.9 Å². The van der Waals surface area contributed by atoms with Crippen molar-refractivity contribution in [1.29, 1.82) is 0 Å². The zero-order chi connectivity index (χ0) is 15.5. The fraction of sp³-hybridized carbons (Fsp3) is 0.500. The summed E-state index contributed by atoms with van der Waals surface area (Å²) in [6.45, 7) is 8.27. The van der Waals surface area contributed by atoms with Crippen LogP contribution in [0.4, 0.5) is 0 Å². The number of halogens is 1. The van der Waals surface area contributed by atoms with Crippen LogP contribution in [0.5, 0.6) is 5.75 Å². The van der Waals surface area contributed by atoms with E-state index in [0.29, 0.717) is 24.5 Å². The maximum atomic E-state index is 12.6. The molecule has 21 heavy (non-hydrogen) atoms. The molecular formula is C16H21IN2O2. The molecule has 1 aliphatic rings. The van der Waals surface area contributed by atoms with Crippen molar-refractivity contribution < 1.29 is 9.53 Å². The molecule has 5 heteroatoms. The van der Waals surface area contributed by atoms with E-state index in [-0.39, 0.29) is 11.3 Å². The van der Waals surface area contributed by atoms with Gasteiger partial charge in [0.05, 0.1) is 41.6 Å². The Kier molecular flexibility index (Phi) is 5.24. The van der Waals surface area contributed by atoms with Gasteiger partial charge in [0, 0.05) is 18.7 Å². The van der Waals surface area contributed by atoms with Crippen molar-refractivity contribution in [1.82, 2.24) is 4.90 Å². The van der Waals surface area contributed by atoms with Crippen LogP contribution in [0.2, 0.25) is 0 Å². The van der Waals surface area contributed by atoms with E-state index in [1.807, 2.05) is 52.0 Å². The van der Waals surface area contributed by atoms with E-state index in [1.165, 1.54) is 0 Å². The highest BCUT2D eigenvalue weighted by Gasteiger charge is 2.26. The van der Waals surface area contributed by atoms with Crippen LogP contribution >= 0.6 is 22.9 Å². The zero-order valence-electron chi connectivity index (χ0n) is 12.7. The summed E-state index contributed by atoms with van der Waals surface area (Å²) in [6.07, 6.45) is 0.861. The van der Waals surface area contributed by atoms with Gasteiger partial charge < -0.3 is 9.64 Å². The highest BCUT2D eigenvalue weighted by atomic mass is 127. The van der Waals surface area contributed by atoms with Crippen molar-refractivity contribution >= 4 is 34.5 Å². The molecule has 0 spiro atoms. The van der Waals surface area contributed by atoms with Crippen LogP contribution in [0.25, 0.3) is 0 Å². The number of nitrogens with zero attached hydrogens (tertiary/aromatic N) is 2. The van der Waals surface area contributed by atoms with E-state index < -0.39 is 0 Å². The molecule has 1 amide bonds. The average Bonchev–Trinajstić information content (AvgIpc) is 2.93. The second-order valence-corrected chi connectivity index (χ2v) is 6.96. The summed E-state index contributed by atoms with van der Waals surface area (Å²) < 4.78 is 10.0. The third-order valence-corrected chi connectivity index (χ3v) is 3.91. The number of likely N-dealkylation sites (tertiary alicyclic amines) is 1. The Hall–Kier alpha value is -1.11. The Morgan fingerprint density at radius 2 is 2.10 bits per heavy atom. The molecule has 1 aromatic carbocycles. The van der Waals surface area contributed by atoms with Gasteiger partial charge in [-0.25, -0.2) is 3.21 Å². The quantitative estimate of drug-likeness (QED) is 0.726. The minimum atomic E-state index is 0.0227. The lowest BCUT2D eigenvalue weighted by Gasteiger charge is -2.21. The van der Waals surface area contributed by atoms with Crippen LogP contribution in [-0.4, -0.2) is 36.2 Å². The van der Waals surface area contributed by atoms with E-state index in [4.69, 9.17) is 4.74 Å². The van der Waals surface area contributed by atoms with Crippen LogP contribution in [-0.2, 0) is 0 Å². The van der Waals surface area contributed by atoms with E-state index in [1.54, 1.807) is 0 Å². The van der Waals surface area contributed by atoms with Gasteiger partial charge in [0.1, 0.15) is 5.75 Å². The van der Waals surface area contributed by atoms with E-state index >= 15 is 0 Å². The molecule has 0 N–H and O–H groups in total. The summed E-state index contributed by atoms with van der Waals surface area (Å²) in [5, 5.41) is 0. The van der Waals surface area contributed by atoms with Crippen molar-refractivity contribution in [3.05, 3.63) is 29.8 Å².